The molecule has 0 saturated carbocycles. The summed E-state index contributed by atoms with van der Waals surface area (Å²) in [5.41, 5.74) is 1.23. The van der Waals surface area contributed by atoms with E-state index in [1.807, 2.05) is 25.2 Å². The molecular weight excluding hydrogens is 234 g/mol. The normalized spacial score (nSPS) is 11.6. The highest BCUT2D eigenvalue weighted by Gasteiger charge is 2.06. The van der Waals surface area contributed by atoms with Crippen molar-refractivity contribution in [3.05, 3.63) is 35.9 Å². The van der Waals surface area contributed by atoms with E-state index in [4.69, 9.17) is 5.11 Å². The zero-order chi connectivity index (χ0) is 14.3. The van der Waals surface area contributed by atoms with Crippen LogP contribution >= 0.6 is 0 Å². The van der Waals surface area contributed by atoms with Crippen molar-refractivity contribution in [2.45, 2.75) is 58.4 Å². The molecule has 0 aromatic heterocycles. The van der Waals surface area contributed by atoms with Crippen molar-refractivity contribution in [2.75, 3.05) is 13.7 Å². The fraction of sp³-hybridized carbons (Fsp3) is 0.647. The third kappa shape index (κ3) is 9.69. The Morgan fingerprint density at radius 3 is 2.00 bits per heavy atom. The van der Waals surface area contributed by atoms with E-state index in [2.05, 4.69) is 31.3 Å². The maximum Gasteiger partial charge on any atom is 0.0449 e. The van der Waals surface area contributed by atoms with Gasteiger partial charge in [-0.05, 0) is 19.0 Å². The number of aliphatic hydroxyl groups excluding tert-OH is 1. The second-order valence-corrected chi connectivity index (χ2v) is 4.82. The lowest BCUT2D eigenvalue weighted by molar-refractivity contribution is 0.269. The molecule has 1 aromatic rings. The van der Waals surface area contributed by atoms with Gasteiger partial charge in [-0.2, -0.15) is 0 Å². The third-order valence-electron chi connectivity index (χ3n) is 3.18. The van der Waals surface area contributed by atoms with E-state index in [-0.39, 0.29) is 12.6 Å². The molecular formula is C17H31NO. The molecule has 2 nitrogen and oxygen atoms in total. The first-order chi connectivity index (χ1) is 9.29. The Kier molecular flexibility index (Phi) is 13.0. The summed E-state index contributed by atoms with van der Waals surface area (Å²) in [7, 11) is 1.91. The average Bonchev–Trinajstić information content (AvgIpc) is 2.47. The molecule has 0 aliphatic rings. The summed E-state index contributed by atoms with van der Waals surface area (Å²) in [4.78, 5) is 0. The second-order valence-electron chi connectivity index (χ2n) is 4.82. The quantitative estimate of drug-likeness (QED) is 0.687. The van der Waals surface area contributed by atoms with Crippen LogP contribution in [-0.4, -0.2) is 18.8 Å². The van der Waals surface area contributed by atoms with Crippen LogP contribution in [0.1, 0.15) is 64.0 Å². The van der Waals surface area contributed by atoms with Crippen molar-refractivity contribution in [1.29, 1.82) is 0 Å². The van der Waals surface area contributed by atoms with Crippen LogP contribution in [0.25, 0.3) is 0 Å². The Bertz CT molecular complexity index is 270. The van der Waals surface area contributed by atoms with Crippen LogP contribution in [0.5, 0.6) is 0 Å². The maximum absolute atomic E-state index is 8.79. The third-order valence-corrected chi connectivity index (χ3v) is 3.18. The smallest absolute Gasteiger partial charge is 0.0449 e. The molecule has 110 valence electrons. The first kappa shape index (κ1) is 18.1. The molecule has 0 aliphatic carbocycles. The predicted octanol–water partition coefficient (Wildman–Crippen LogP) is 4.31. The molecule has 0 heterocycles. The Morgan fingerprint density at radius 2 is 1.58 bits per heavy atom. The first-order valence-corrected chi connectivity index (χ1v) is 7.63. The van der Waals surface area contributed by atoms with Gasteiger partial charge in [-0.15, -0.1) is 0 Å². The zero-order valence-corrected chi connectivity index (χ0v) is 12.9. The van der Waals surface area contributed by atoms with Gasteiger partial charge in [0.25, 0.3) is 0 Å². The van der Waals surface area contributed by atoms with Gasteiger partial charge in [0.1, 0.15) is 0 Å². The van der Waals surface area contributed by atoms with Crippen molar-refractivity contribution in [2.24, 2.45) is 0 Å². The number of aliphatic hydroxyl groups is 1. The average molecular weight is 265 g/mol. The van der Waals surface area contributed by atoms with Crippen LogP contribution < -0.4 is 5.32 Å². The summed E-state index contributed by atoms with van der Waals surface area (Å²) in [6, 6.07) is 10.4. The molecule has 1 unspecified atom stereocenters. The van der Waals surface area contributed by atoms with Gasteiger partial charge in [0, 0.05) is 12.6 Å². The van der Waals surface area contributed by atoms with Crippen molar-refractivity contribution >= 4 is 0 Å². The minimum absolute atomic E-state index is 0.223. The standard InChI is InChI=1S/C10H15NO.C7H16/c1-11-10(7-8-12)9-5-3-2-4-6-9;1-3-5-7-6-4-2/h2-6,10-12H,7-8H2,1H3;3-7H2,1-2H3. The molecule has 0 amide bonds. The molecule has 1 aromatic carbocycles. The fourth-order valence-corrected chi connectivity index (χ4v) is 1.97. The van der Waals surface area contributed by atoms with Crippen molar-refractivity contribution < 1.29 is 5.11 Å². The molecule has 0 bridgehead atoms. The fourth-order valence-electron chi connectivity index (χ4n) is 1.97. The monoisotopic (exact) mass is 265 g/mol. The van der Waals surface area contributed by atoms with Crippen LogP contribution in [0.15, 0.2) is 30.3 Å². The number of hydrogen-bond acceptors (Lipinski definition) is 2. The van der Waals surface area contributed by atoms with E-state index in [0.717, 1.165) is 6.42 Å². The number of hydrogen-bond donors (Lipinski definition) is 2. The van der Waals surface area contributed by atoms with Crippen LogP contribution in [0.2, 0.25) is 0 Å². The topological polar surface area (TPSA) is 32.3 Å². The van der Waals surface area contributed by atoms with Crippen LogP contribution in [0, 0.1) is 0 Å². The molecule has 0 saturated heterocycles. The number of unbranched alkanes of at least 4 members (excludes halogenated alkanes) is 4. The van der Waals surface area contributed by atoms with E-state index < -0.39 is 0 Å². The number of nitrogens with one attached hydrogen (secondary N) is 1. The van der Waals surface area contributed by atoms with Gasteiger partial charge in [0.15, 0.2) is 0 Å². The van der Waals surface area contributed by atoms with Crippen LogP contribution in [0.4, 0.5) is 0 Å². The molecule has 0 radical (unpaired) electrons. The van der Waals surface area contributed by atoms with Crippen molar-refractivity contribution in [3.8, 4) is 0 Å². The summed E-state index contributed by atoms with van der Waals surface area (Å²) in [5, 5.41) is 11.9. The van der Waals surface area contributed by atoms with Gasteiger partial charge in [0.05, 0.1) is 0 Å². The Morgan fingerprint density at radius 1 is 1.00 bits per heavy atom. The van der Waals surface area contributed by atoms with E-state index in [9.17, 15) is 0 Å². The lowest BCUT2D eigenvalue weighted by Crippen LogP contribution is -2.17. The summed E-state index contributed by atoms with van der Waals surface area (Å²) in [6.07, 6.45) is 7.77. The molecule has 1 atom stereocenters. The molecule has 19 heavy (non-hydrogen) atoms. The van der Waals surface area contributed by atoms with Gasteiger partial charge in [-0.3, -0.25) is 0 Å². The Hall–Kier alpha value is -0.860. The Labute approximate surface area is 119 Å². The molecule has 0 fully saturated rings. The van der Waals surface area contributed by atoms with E-state index >= 15 is 0 Å². The summed E-state index contributed by atoms with van der Waals surface area (Å²) < 4.78 is 0. The van der Waals surface area contributed by atoms with E-state index in [1.165, 1.54) is 37.7 Å². The van der Waals surface area contributed by atoms with E-state index in [0.29, 0.717) is 0 Å². The SMILES string of the molecule is CCCCCCC.CNC(CCO)c1ccccc1. The zero-order valence-electron chi connectivity index (χ0n) is 12.9. The summed E-state index contributed by atoms with van der Waals surface area (Å²) >= 11 is 0. The van der Waals surface area contributed by atoms with Gasteiger partial charge >= 0.3 is 0 Å². The van der Waals surface area contributed by atoms with Crippen LogP contribution in [0.3, 0.4) is 0 Å². The number of benzene rings is 1. The number of rotatable bonds is 8. The lowest BCUT2D eigenvalue weighted by atomic mass is 10.0. The molecule has 2 heteroatoms. The highest BCUT2D eigenvalue weighted by molar-refractivity contribution is 5.18. The minimum atomic E-state index is 0.223. The highest BCUT2D eigenvalue weighted by atomic mass is 16.3. The van der Waals surface area contributed by atoms with Crippen molar-refractivity contribution in [3.63, 3.8) is 0 Å². The summed E-state index contributed by atoms with van der Waals surface area (Å²) in [6.45, 7) is 4.71. The highest BCUT2D eigenvalue weighted by Crippen LogP contribution is 2.14. The van der Waals surface area contributed by atoms with Gasteiger partial charge in [-0.25, -0.2) is 0 Å². The molecule has 1 rings (SSSR count). The maximum atomic E-state index is 8.79. The first-order valence-electron chi connectivity index (χ1n) is 7.63. The van der Waals surface area contributed by atoms with Gasteiger partial charge in [-0.1, -0.05) is 76.3 Å². The minimum Gasteiger partial charge on any atom is -0.396 e. The van der Waals surface area contributed by atoms with Crippen molar-refractivity contribution in [1.82, 2.24) is 5.32 Å². The predicted molar refractivity (Wildman–Crippen MR) is 84.4 cm³/mol. The Balaban J connectivity index is 0.000000399. The van der Waals surface area contributed by atoms with Gasteiger partial charge < -0.3 is 10.4 Å². The van der Waals surface area contributed by atoms with Crippen LogP contribution in [-0.2, 0) is 0 Å². The molecule has 0 aliphatic heterocycles. The molecule has 2 N–H and O–H groups in total. The van der Waals surface area contributed by atoms with Gasteiger partial charge in [0.2, 0.25) is 0 Å². The largest absolute Gasteiger partial charge is 0.396 e. The molecule has 0 spiro atoms. The second kappa shape index (κ2) is 13.6. The summed E-state index contributed by atoms with van der Waals surface area (Å²) in [5.74, 6) is 0. The lowest BCUT2D eigenvalue weighted by Gasteiger charge is -2.14. The van der Waals surface area contributed by atoms with E-state index in [1.54, 1.807) is 0 Å².